The van der Waals surface area contributed by atoms with Crippen LogP contribution in [0.3, 0.4) is 0 Å². The van der Waals surface area contributed by atoms with Crippen molar-refractivity contribution >= 4 is 22.1 Å². The monoisotopic (exact) mass is 234 g/mol. The summed E-state index contributed by atoms with van der Waals surface area (Å²) in [6.45, 7) is 1.65. The number of methoxy groups -OCH3 is 1. The van der Waals surface area contributed by atoms with E-state index < -0.39 is 16.3 Å². The van der Waals surface area contributed by atoms with Gasteiger partial charge in [-0.25, -0.2) is 9.52 Å². The number of carbonyl (C=O) groups excluding carboxylic acids is 1. The lowest BCUT2D eigenvalue weighted by Gasteiger charge is -2.06. The Balaban J connectivity index is 2.73. The number of anilines is 1. The fourth-order valence-electron chi connectivity index (χ4n) is 0.761. The molecular formula is C6H10N4O4S. The predicted molar refractivity (Wildman–Crippen MR) is 51.4 cm³/mol. The first kappa shape index (κ1) is 11.3. The van der Waals surface area contributed by atoms with Crippen LogP contribution in [0.15, 0.2) is 6.20 Å². The van der Waals surface area contributed by atoms with Gasteiger partial charge in [0.1, 0.15) is 5.82 Å². The zero-order valence-electron chi connectivity index (χ0n) is 8.07. The van der Waals surface area contributed by atoms with Crippen LogP contribution in [0.2, 0.25) is 0 Å². The predicted octanol–water partition coefficient (Wildman–Crippen LogP) is -0.269. The normalized spacial score (nSPS) is 10.8. The molecule has 0 atom stereocenters. The lowest BCUT2D eigenvalue weighted by atomic mass is 10.4. The van der Waals surface area contributed by atoms with Gasteiger partial charge in [0.15, 0.2) is 0 Å². The van der Waals surface area contributed by atoms with Crippen LogP contribution in [0.1, 0.15) is 5.56 Å². The molecule has 1 heterocycles. The second-order valence-corrected chi connectivity index (χ2v) is 4.04. The Morgan fingerprint density at radius 2 is 2.27 bits per heavy atom. The molecule has 8 nitrogen and oxygen atoms in total. The van der Waals surface area contributed by atoms with Gasteiger partial charge in [0.2, 0.25) is 0 Å². The van der Waals surface area contributed by atoms with Crippen LogP contribution in [-0.2, 0) is 14.9 Å². The summed E-state index contributed by atoms with van der Waals surface area (Å²) >= 11 is 0. The molecule has 0 aliphatic carbocycles. The molecule has 0 saturated heterocycles. The average Bonchev–Trinajstić information content (AvgIpc) is 2.50. The number of aromatic nitrogens is 2. The van der Waals surface area contributed by atoms with E-state index in [-0.39, 0.29) is 5.82 Å². The van der Waals surface area contributed by atoms with Crippen LogP contribution < -0.4 is 9.44 Å². The summed E-state index contributed by atoms with van der Waals surface area (Å²) < 4.78 is 30.3. The van der Waals surface area contributed by atoms with E-state index in [2.05, 4.69) is 19.7 Å². The van der Waals surface area contributed by atoms with Gasteiger partial charge in [-0.1, -0.05) is 0 Å². The molecule has 0 bridgehead atoms. The van der Waals surface area contributed by atoms with Crippen molar-refractivity contribution in [3.8, 4) is 0 Å². The molecule has 0 fully saturated rings. The van der Waals surface area contributed by atoms with Gasteiger partial charge in [-0.15, -0.1) is 0 Å². The molecule has 0 aromatic carbocycles. The van der Waals surface area contributed by atoms with Crippen molar-refractivity contribution in [1.82, 2.24) is 14.9 Å². The van der Waals surface area contributed by atoms with Crippen LogP contribution in [0.25, 0.3) is 0 Å². The number of H-pyrrole nitrogens is 1. The van der Waals surface area contributed by atoms with Crippen molar-refractivity contribution in [2.24, 2.45) is 0 Å². The summed E-state index contributed by atoms with van der Waals surface area (Å²) in [5, 5.41) is 6.03. The van der Waals surface area contributed by atoms with Gasteiger partial charge in [0, 0.05) is 5.56 Å². The van der Waals surface area contributed by atoms with Crippen LogP contribution in [0.5, 0.6) is 0 Å². The molecule has 1 rings (SSSR count). The van der Waals surface area contributed by atoms with Crippen molar-refractivity contribution in [2.75, 3.05) is 11.8 Å². The number of nitrogens with one attached hydrogen (secondary N) is 3. The molecule has 1 aromatic heterocycles. The van der Waals surface area contributed by atoms with E-state index in [1.807, 2.05) is 0 Å². The van der Waals surface area contributed by atoms with E-state index in [1.165, 1.54) is 6.20 Å². The van der Waals surface area contributed by atoms with Gasteiger partial charge in [-0.3, -0.25) is 9.82 Å². The Labute approximate surface area is 86.2 Å². The maximum Gasteiger partial charge on any atom is 0.422 e. The summed E-state index contributed by atoms with van der Waals surface area (Å²) in [5.74, 6) is 0.186. The minimum atomic E-state index is -3.98. The highest BCUT2D eigenvalue weighted by Crippen LogP contribution is 2.09. The third-order valence-corrected chi connectivity index (χ3v) is 2.38. The first-order valence-corrected chi connectivity index (χ1v) is 5.31. The van der Waals surface area contributed by atoms with E-state index in [0.29, 0.717) is 5.56 Å². The largest absolute Gasteiger partial charge is 0.452 e. The van der Waals surface area contributed by atoms with Gasteiger partial charge in [0.05, 0.1) is 13.3 Å². The van der Waals surface area contributed by atoms with Crippen molar-refractivity contribution < 1.29 is 17.9 Å². The van der Waals surface area contributed by atoms with Gasteiger partial charge in [-0.05, 0) is 6.92 Å². The number of hydrogen-bond acceptors (Lipinski definition) is 5. The minimum absolute atomic E-state index is 0.186. The van der Waals surface area contributed by atoms with Crippen molar-refractivity contribution in [3.05, 3.63) is 11.8 Å². The summed E-state index contributed by atoms with van der Waals surface area (Å²) in [4.78, 5) is 10.7. The fourth-order valence-corrected chi connectivity index (χ4v) is 1.59. The number of carbonyl (C=O) groups is 1. The van der Waals surface area contributed by atoms with Crippen molar-refractivity contribution in [1.29, 1.82) is 0 Å². The Hall–Kier alpha value is -1.77. The first-order chi connectivity index (χ1) is 6.94. The zero-order chi connectivity index (χ0) is 11.5. The Morgan fingerprint density at radius 1 is 1.60 bits per heavy atom. The maximum atomic E-state index is 11.2. The second kappa shape index (κ2) is 4.17. The molecule has 0 aliphatic rings. The second-order valence-electron chi connectivity index (χ2n) is 2.63. The SMILES string of the molecule is COC(=O)NS(=O)(=O)Nc1[nH]ncc1C. The fraction of sp³-hybridized carbons (Fsp3) is 0.333. The van der Waals surface area contributed by atoms with Crippen LogP contribution >= 0.6 is 0 Å². The molecule has 84 valence electrons. The topological polar surface area (TPSA) is 113 Å². The van der Waals surface area contributed by atoms with Crippen molar-refractivity contribution in [3.63, 3.8) is 0 Å². The number of hydrogen-bond donors (Lipinski definition) is 3. The van der Waals surface area contributed by atoms with Gasteiger partial charge >= 0.3 is 16.3 Å². The summed E-state index contributed by atoms with van der Waals surface area (Å²) in [6, 6.07) is 0. The third kappa shape index (κ3) is 3.13. The molecular weight excluding hydrogens is 224 g/mol. The van der Waals surface area contributed by atoms with Crippen molar-refractivity contribution in [2.45, 2.75) is 6.92 Å². The van der Waals surface area contributed by atoms with E-state index in [9.17, 15) is 13.2 Å². The van der Waals surface area contributed by atoms with Gasteiger partial charge in [-0.2, -0.15) is 13.5 Å². The molecule has 1 amide bonds. The molecule has 0 aliphatic heterocycles. The highest BCUT2D eigenvalue weighted by molar-refractivity contribution is 7.91. The Bertz CT molecular complexity index is 451. The molecule has 0 saturated carbocycles. The molecule has 1 aromatic rings. The van der Waals surface area contributed by atoms with Gasteiger partial charge in [0.25, 0.3) is 0 Å². The number of rotatable bonds is 3. The number of nitrogens with zero attached hydrogens (tertiary/aromatic N) is 1. The number of ether oxygens (including phenoxy) is 1. The number of aromatic amines is 1. The third-order valence-electron chi connectivity index (χ3n) is 1.47. The van der Waals surface area contributed by atoms with E-state index >= 15 is 0 Å². The quantitative estimate of drug-likeness (QED) is 0.666. The van der Waals surface area contributed by atoms with E-state index in [4.69, 9.17) is 0 Å². The summed E-state index contributed by atoms with van der Waals surface area (Å²) in [5.41, 5.74) is 0.602. The van der Waals surface area contributed by atoms with Crippen LogP contribution in [0.4, 0.5) is 10.6 Å². The number of amides is 1. The summed E-state index contributed by atoms with van der Waals surface area (Å²) in [7, 11) is -2.92. The van der Waals surface area contributed by atoms with Gasteiger partial charge < -0.3 is 4.74 Å². The molecule has 0 spiro atoms. The average molecular weight is 234 g/mol. The Morgan fingerprint density at radius 3 is 2.73 bits per heavy atom. The minimum Gasteiger partial charge on any atom is -0.452 e. The number of aryl methyl sites for hydroxylation is 1. The van der Waals surface area contributed by atoms with Crippen LogP contribution in [-0.4, -0.2) is 31.8 Å². The highest BCUT2D eigenvalue weighted by atomic mass is 32.2. The lowest BCUT2D eigenvalue weighted by Crippen LogP contribution is -2.35. The van der Waals surface area contributed by atoms with E-state index in [1.54, 1.807) is 11.6 Å². The first-order valence-electron chi connectivity index (χ1n) is 3.83. The molecule has 3 N–H and O–H groups in total. The van der Waals surface area contributed by atoms with Crippen LogP contribution in [0, 0.1) is 6.92 Å². The smallest absolute Gasteiger partial charge is 0.422 e. The summed E-state index contributed by atoms with van der Waals surface area (Å²) in [6.07, 6.45) is 0.371. The molecule has 15 heavy (non-hydrogen) atoms. The zero-order valence-corrected chi connectivity index (χ0v) is 8.88. The lowest BCUT2D eigenvalue weighted by molar-refractivity contribution is 0.177. The Kier molecular flexibility index (Phi) is 3.14. The molecule has 0 radical (unpaired) electrons. The standard InChI is InChI=1S/C6H10N4O4S/c1-4-3-7-8-5(4)9-15(12,13)10-6(11)14-2/h3H,1-2H3,(H,10,11)(H2,7,8,9). The molecule has 0 unspecified atom stereocenters. The maximum absolute atomic E-state index is 11.2. The highest BCUT2D eigenvalue weighted by Gasteiger charge is 2.15. The van der Waals surface area contributed by atoms with E-state index in [0.717, 1.165) is 7.11 Å². The molecule has 9 heteroatoms.